The van der Waals surface area contributed by atoms with Gasteiger partial charge in [0.1, 0.15) is 0 Å². The fourth-order valence-electron chi connectivity index (χ4n) is 2.19. The van der Waals surface area contributed by atoms with E-state index in [0.717, 1.165) is 5.56 Å². The average molecular weight is 276 g/mol. The summed E-state index contributed by atoms with van der Waals surface area (Å²) in [5.74, 6) is -0.378. The first-order valence-corrected chi connectivity index (χ1v) is 6.77. The number of hydrogen-bond acceptors (Lipinski definition) is 2. The number of benzene rings is 1. The Bertz CT molecular complexity index is 504. The summed E-state index contributed by atoms with van der Waals surface area (Å²) in [6, 6.07) is 6.28. The van der Waals surface area contributed by atoms with E-state index < -0.39 is 5.97 Å². The largest absolute Gasteiger partial charge is 0.478 e. The molecule has 1 aliphatic rings. The Labute approximate surface area is 118 Å². The number of carbonyl (C=O) groups is 2. The molecule has 0 heterocycles. The fourth-order valence-corrected chi connectivity index (χ4v) is 2.19. The summed E-state index contributed by atoms with van der Waals surface area (Å²) in [6.07, 6.45) is 2.34. The molecule has 0 radical (unpaired) electrons. The number of nitrogens with one attached hydrogen (secondary N) is 2. The SMILES string of the molecule is CC(C)(NC(=O)NCc1ccc(C(=O)O)cc1)C1CC1. The van der Waals surface area contributed by atoms with Gasteiger partial charge in [0.25, 0.3) is 0 Å². The van der Waals surface area contributed by atoms with Crippen molar-refractivity contribution in [2.45, 2.75) is 38.8 Å². The highest BCUT2D eigenvalue weighted by Gasteiger charge is 2.38. The van der Waals surface area contributed by atoms with E-state index in [1.54, 1.807) is 12.1 Å². The lowest BCUT2D eigenvalue weighted by molar-refractivity contribution is 0.0697. The summed E-state index contributed by atoms with van der Waals surface area (Å²) < 4.78 is 0. The van der Waals surface area contributed by atoms with E-state index in [1.165, 1.54) is 25.0 Å². The third-order valence-electron chi connectivity index (χ3n) is 3.69. The number of carboxylic acid groups (broad SMARTS) is 1. The van der Waals surface area contributed by atoms with E-state index in [9.17, 15) is 9.59 Å². The Morgan fingerprint density at radius 3 is 2.35 bits per heavy atom. The number of urea groups is 1. The molecule has 108 valence electrons. The molecule has 20 heavy (non-hydrogen) atoms. The number of aromatic carboxylic acids is 1. The van der Waals surface area contributed by atoms with Crippen LogP contribution in [-0.4, -0.2) is 22.6 Å². The predicted octanol–water partition coefficient (Wildman–Crippen LogP) is 2.37. The lowest BCUT2D eigenvalue weighted by Gasteiger charge is -2.26. The standard InChI is InChI=1S/C15H20N2O3/c1-15(2,12-7-8-12)17-14(20)16-9-10-3-5-11(6-4-10)13(18)19/h3-6,12H,7-9H2,1-2H3,(H,18,19)(H2,16,17,20). The minimum atomic E-state index is -0.951. The van der Waals surface area contributed by atoms with Gasteiger partial charge in [0, 0.05) is 12.1 Å². The zero-order chi connectivity index (χ0) is 14.8. The molecule has 0 bridgehead atoms. The summed E-state index contributed by atoms with van der Waals surface area (Å²) in [5, 5.41) is 14.6. The average Bonchev–Trinajstić information content (AvgIpc) is 3.21. The monoisotopic (exact) mass is 276 g/mol. The van der Waals surface area contributed by atoms with Gasteiger partial charge >= 0.3 is 12.0 Å². The van der Waals surface area contributed by atoms with E-state index in [-0.39, 0.29) is 17.1 Å². The number of amides is 2. The van der Waals surface area contributed by atoms with E-state index in [4.69, 9.17) is 5.11 Å². The smallest absolute Gasteiger partial charge is 0.335 e. The van der Waals surface area contributed by atoms with Crippen molar-refractivity contribution in [3.05, 3.63) is 35.4 Å². The molecule has 1 aliphatic carbocycles. The van der Waals surface area contributed by atoms with Crippen molar-refractivity contribution in [1.82, 2.24) is 10.6 Å². The van der Waals surface area contributed by atoms with Crippen molar-refractivity contribution < 1.29 is 14.7 Å². The first kappa shape index (κ1) is 14.4. The van der Waals surface area contributed by atoms with Crippen LogP contribution < -0.4 is 10.6 Å². The van der Waals surface area contributed by atoms with Gasteiger partial charge < -0.3 is 15.7 Å². The van der Waals surface area contributed by atoms with Crippen molar-refractivity contribution in [1.29, 1.82) is 0 Å². The van der Waals surface area contributed by atoms with E-state index in [2.05, 4.69) is 10.6 Å². The highest BCUT2D eigenvalue weighted by Crippen LogP contribution is 2.39. The molecule has 0 atom stereocenters. The highest BCUT2D eigenvalue weighted by atomic mass is 16.4. The van der Waals surface area contributed by atoms with Crippen molar-refractivity contribution in [2.24, 2.45) is 5.92 Å². The van der Waals surface area contributed by atoms with Gasteiger partial charge in [-0.2, -0.15) is 0 Å². The third kappa shape index (κ3) is 3.73. The van der Waals surface area contributed by atoms with Gasteiger partial charge in [0.05, 0.1) is 5.56 Å². The molecular weight excluding hydrogens is 256 g/mol. The quantitative estimate of drug-likeness (QED) is 0.772. The second kappa shape index (κ2) is 5.53. The number of rotatable bonds is 5. The first-order chi connectivity index (χ1) is 9.38. The molecule has 0 saturated heterocycles. The molecule has 3 N–H and O–H groups in total. The maximum Gasteiger partial charge on any atom is 0.335 e. The molecule has 2 rings (SSSR count). The lowest BCUT2D eigenvalue weighted by atomic mass is 9.99. The van der Waals surface area contributed by atoms with Gasteiger partial charge in [-0.1, -0.05) is 12.1 Å². The molecule has 5 nitrogen and oxygen atoms in total. The normalized spacial score (nSPS) is 14.7. The lowest BCUT2D eigenvalue weighted by Crippen LogP contribution is -2.49. The molecule has 1 aromatic rings. The Morgan fingerprint density at radius 1 is 1.25 bits per heavy atom. The van der Waals surface area contributed by atoms with E-state index in [1.807, 2.05) is 13.8 Å². The fraction of sp³-hybridized carbons (Fsp3) is 0.467. The van der Waals surface area contributed by atoms with Crippen LogP contribution in [0.2, 0.25) is 0 Å². The second-order valence-corrected chi connectivity index (χ2v) is 5.81. The van der Waals surface area contributed by atoms with Crippen LogP contribution in [0.1, 0.15) is 42.6 Å². The van der Waals surface area contributed by atoms with Crippen LogP contribution in [0.15, 0.2) is 24.3 Å². The summed E-state index contributed by atoms with van der Waals surface area (Å²) >= 11 is 0. The van der Waals surface area contributed by atoms with Gasteiger partial charge in [-0.15, -0.1) is 0 Å². The van der Waals surface area contributed by atoms with Crippen molar-refractivity contribution in [3.63, 3.8) is 0 Å². The topological polar surface area (TPSA) is 78.4 Å². The van der Waals surface area contributed by atoms with Crippen LogP contribution in [0.3, 0.4) is 0 Å². The van der Waals surface area contributed by atoms with Crippen LogP contribution >= 0.6 is 0 Å². The van der Waals surface area contributed by atoms with Gasteiger partial charge in [-0.05, 0) is 50.3 Å². The minimum absolute atomic E-state index is 0.169. The Kier molecular flexibility index (Phi) is 3.97. The maximum atomic E-state index is 11.8. The number of hydrogen-bond donors (Lipinski definition) is 3. The molecule has 0 unspecified atom stereocenters. The zero-order valence-corrected chi connectivity index (χ0v) is 11.8. The Balaban J connectivity index is 1.82. The molecule has 0 spiro atoms. The summed E-state index contributed by atoms with van der Waals surface area (Å²) in [5.41, 5.74) is 0.944. The molecule has 5 heteroatoms. The van der Waals surface area contributed by atoms with E-state index >= 15 is 0 Å². The summed E-state index contributed by atoms with van der Waals surface area (Å²) in [7, 11) is 0. The Hall–Kier alpha value is -2.04. The van der Waals surface area contributed by atoms with Gasteiger partial charge in [-0.3, -0.25) is 0 Å². The van der Waals surface area contributed by atoms with Crippen LogP contribution in [0.5, 0.6) is 0 Å². The Morgan fingerprint density at radius 2 is 1.85 bits per heavy atom. The summed E-state index contributed by atoms with van der Waals surface area (Å²) in [6.45, 7) is 4.45. The highest BCUT2D eigenvalue weighted by molar-refractivity contribution is 5.87. The first-order valence-electron chi connectivity index (χ1n) is 6.77. The molecule has 2 amide bonds. The molecule has 1 saturated carbocycles. The maximum absolute atomic E-state index is 11.8. The molecule has 0 aromatic heterocycles. The van der Waals surface area contributed by atoms with Gasteiger partial charge in [0.2, 0.25) is 0 Å². The van der Waals surface area contributed by atoms with Crippen molar-refractivity contribution in [2.75, 3.05) is 0 Å². The van der Waals surface area contributed by atoms with Gasteiger partial charge in [-0.25, -0.2) is 9.59 Å². The molecular formula is C15H20N2O3. The predicted molar refractivity (Wildman–Crippen MR) is 75.6 cm³/mol. The van der Waals surface area contributed by atoms with E-state index in [0.29, 0.717) is 12.5 Å². The van der Waals surface area contributed by atoms with Crippen LogP contribution in [0, 0.1) is 5.92 Å². The van der Waals surface area contributed by atoms with Crippen molar-refractivity contribution in [3.8, 4) is 0 Å². The number of carbonyl (C=O) groups excluding carboxylic acids is 1. The van der Waals surface area contributed by atoms with Crippen LogP contribution in [-0.2, 0) is 6.54 Å². The minimum Gasteiger partial charge on any atom is -0.478 e. The van der Waals surface area contributed by atoms with Crippen LogP contribution in [0.25, 0.3) is 0 Å². The summed E-state index contributed by atoms with van der Waals surface area (Å²) in [4.78, 5) is 22.5. The third-order valence-corrected chi connectivity index (χ3v) is 3.69. The molecule has 0 aliphatic heterocycles. The zero-order valence-electron chi connectivity index (χ0n) is 11.8. The second-order valence-electron chi connectivity index (χ2n) is 5.81. The molecule has 1 fully saturated rings. The van der Waals surface area contributed by atoms with Crippen molar-refractivity contribution >= 4 is 12.0 Å². The molecule has 1 aromatic carbocycles. The van der Waals surface area contributed by atoms with Crippen LogP contribution in [0.4, 0.5) is 4.79 Å². The van der Waals surface area contributed by atoms with Gasteiger partial charge in [0.15, 0.2) is 0 Å². The number of carboxylic acids is 1.